The molecule has 2 aromatic carbocycles. The van der Waals surface area contributed by atoms with Crippen molar-refractivity contribution in [2.75, 3.05) is 19.5 Å². The highest BCUT2D eigenvalue weighted by atomic mass is 32.1. The number of rotatable bonds is 6. The van der Waals surface area contributed by atoms with Gasteiger partial charge in [-0.3, -0.25) is 9.20 Å². The average Bonchev–Trinajstić information content (AvgIpc) is 3.33. The van der Waals surface area contributed by atoms with E-state index in [-0.39, 0.29) is 28.5 Å². The van der Waals surface area contributed by atoms with Crippen LogP contribution in [0.3, 0.4) is 0 Å². The third-order valence-electron chi connectivity index (χ3n) is 4.54. The third-order valence-corrected chi connectivity index (χ3v) is 5.57. The van der Waals surface area contributed by atoms with Crippen molar-refractivity contribution in [3.05, 3.63) is 60.0 Å². The van der Waals surface area contributed by atoms with E-state index in [2.05, 4.69) is 10.3 Å². The van der Waals surface area contributed by atoms with Gasteiger partial charge in [-0.1, -0.05) is 29.5 Å². The number of para-hydroxylation sites is 1. The molecule has 4 rings (SSSR count). The van der Waals surface area contributed by atoms with Crippen molar-refractivity contribution in [1.29, 1.82) is 0 Å². The quantitative estimate of drug-likeness (QED) is 0.418. The first-order chi connectivity index (χ1) is 14.9. The van der Waals surface area contributed by atoms with Gasteiger partial charge in [-0.2, -0.15) is 0 Å². The number of thiazole rings is 1. The van der Waals surface area contributed by atoms with Crippen LogP contribution >= 0.6 is 11.3 Å². The maximum atomic E-state index is 12.9. The number of amides is 1. The van der Waals surface area contributed by atoms with Crippen LogP contribution in [0.1, 0.15) is 20.8 Å². The van der Waals surface area contributed by atoms with Crippen molar-refractivity contribution in [3.63, 3.8) is 0 Å². The maximum Gasteiger partial charge on any atom is 0.356 e. The third kappa shape index (κ3) is 3.76. The van der Waals surface area contributed by atoms with Crippen molar-refractivity contribution in [2.45, 2.75) is 0 Å². The molecule has 9 nitrogen and oxygen atoms in total. The van der Waals surface area contributed by atoms with Gasteiger partial charge >= 0.3 is 5.97 Å². The molecular formula is C21H17N3O6S. The van der Waals surface area contributed by atoms with Gasteiger partial charge in [-0.05, 0) is 18.2 Å². The number of aromatic nitrogens is 2. The van der Waals surface area contributed by atoms with E-state index in [4.69, 9.17) is 14.6 Å². The minimum atomic E-state index is -1.09. The van der Waals surface area contributed by atoms with Gasteiger partial charge < -0.3 is 25.0 Å². The fourth-order valence-corrected chi connectivity index (χ4v) is 4.11. The van der Waals surface area contributed by atoms with Crippen LogP contribution in [0.2, 0.25) is 0 Å². The number of phenolic OH excluding ortho intramolecular Hbond substituents is 1. The summed E-state index contributed by atoms with van der Waals surface area (Å²) in [5.41, 5.74) is 1.45. The highest BCUT2D eigenvalue weighted by Crippen LogP contribution is 2.38. The first-order valence-corrected chi connectivity index (χ1v) is 9.80. The number of anilines is 1. The highest BCUT2D eigenvalue weighted by molar-refractivity contribution is 7.20. The molecule has 0 atom stereocenters. The number of nitrogens with one attached hydrogen (secondary N) is 1. The van der Waals surface area contributed by atoms with Gasteiger partial charge in [0.05, 0.1) is 19.1 Å². The van der Waals surface area contributed by atoms with Gasteiger partial charge in [0.25, 0.3) is 5.91 Å². The number of hydrogen-bond acceptors (Lipinski definition) is 7. The number of phenols is 1. The molecule has 31 heavy (non-hydrogen) atoms. The van der Waals surface area contributed by atoms with Crippen LogP contribution in [0, 0.1) is 0 Å². The number of hydrogen-bond donors (Lipinski definition) is 3. The summed E-state index contributed by atoms with van der Waals surface area (Å²) >= 11 is 1.30. The smallest absolute Gasteiger partial charge is 0.356 e. The molecule has 0 unspecified atom stereocenters. The maximum absolute atomic E-state index is 12.9. The zero-order valence-corrected chi connectivity index (χ0v) is 17.3. The molecule has 0 saturated heterocycles. The Labute approximate surface area is 180 Å². The lowest BCUT2D eigenvalue weighted by atomic mass is 10.1. The molecule has 2 heterocycles. The largest absolute Gasteiger partial charge is 0.504 e. The summed E-state index contributed by atoms with van der Waals surface area (Å²) in [5, 5.41) is 22.1. The van der Waals surface area contributed by atoms with Gasteiger partial charge in [0.1, 0.15) is 0 Å². The molecule has 2 aromatic heterocycles. The Bertz CT molecular complexity index is 1280. The van der Waals surface area contributed by atoms with E-state index in [0.29, 0.717) is 10.6 Å². The lowest BCUT2D eigenvalue weighted by molar-refractivity contribution is 0.0691. The van der Waals surface area contributed by atoms with Crippen molar-refractivity contribution < 1.29 is 29.3 Å². The van der Waals surface area contributed by atoms with Crippen LogP contribution in [0.25, 0.3) is 15.4 Å². The number of benzene rings is 2. The standard InChI is InChI=1S/C21H17N3O6S/c1-29-16-8-11(7-15(25)18(16)30-2)19(26)22-13-6-4-3-5-12(13)17-10-24-9-14(20(27)28)23-21(24)31-17/h3-10,25H,1-2H3,(H,22,26)(H,27,28). The van der Waals surface area contributed by atoms with Gasteiger partial charge in [0, 0.05) is 29.2 Å². The van der Waals surface area contributed by atoms with Crippen LogP contribution < -0.4 is 14.8 Å². The van der Waals surface area contributed by atoms with Crippen LogP contribution in [0.4, 0.5) is 5.69 Å². The van der Waals surface area contributed by atoms with Gasteiger partial charge in [0.15, 0.2) is 22.2 Å². The molecule has 3 N–H and O–H groups in total. The number of ether oxygens (including phenoxy) is 2. The number of carboxylic acids is 1. The molecule has 158 valence electrons. The van der Waals surface area contributed by atoms with Crippen molar-refractivity contribution >= 4 is 33.9 Å². The number of nitrogens with zero attached hydrogens (tertiary/aromatic N) is 2. The Morgan fingerprint density at radius 1 is 1.13 bits per heavy atom. The number of carboxylic acid groups (broad SMARTS) is 1. The Balaban J connectivity index is 1.66. The summed E-state index contributed by atoms with van der Waals surface area (Å²) in [6.45, 7) is 0. The first-order valence-electron chi connectivity index (χ1n) is 8.99. The van der Waals surface area contributed by atoms with Crippen LogP contribution in [0.5, 0.6) is 17.2 Å². The second-order valence-corrected chi connectivity index (χ2v) is 7.46. The molecule has 0 spiro atoms. The molecular weight excluding hydrogens is 422 g/mol. The number of carbonyl (C=O) groups excluding carboxylic acids is 1. The van der Waals surface area contributed by atoms with Gasteiger partial charge in [0.2, 0.25) is 5.75 Å². The minimum absolute atomic E-state index is 0.0346. The van der Waals surface area contributed by atoms with Crippen LogP contribution in [0.15, 0.2) is 48.8 Å². The summed E-state index contributed by atoms with van der Waals surface area (Å²) in [7, 11) is 2.81. The second-order valence-electron chi connectivity index (χ2n) is 6.45. The van der Waals surface area contributed by atoms with Crippen LogP contribution in [-0.4, -0.2) is 45.7 Å². The molecule has 10 heteroatoms. The molecule has 0 aliphatic heterocycles. The molecule has 0 fully saturated rings. The number of aromatic carboxylic acids is 1. The number of methoxy groups -OCH3 is 2. The normalized spacial score (nSPS) is 10.8. The molecule has 0 bridgehead atoms. The molecule has 1 amide bonds. The SMILES string of the molecule is COc1cc(C(=O)Nc2ccccc2-c2cn3cc(C(=O)O)nc3s2)cc(O)c1OC. The molecule has 0 saturated carbocycles. The molecule has 0 aliphatic carbocycles. The lowest BCUT2D eigenvalue weighted by Gasteiger charge is -2.13. The Hall–Kier alpha value is -4.05. The summed E-state index contributed by atoms with van der Waals surface area (Å²) in [4.78, 5) is 29.4. The fourth-order valence-electron chi connectivity index (χ4n) is 3.10. The van der Waals surface area contributed by atoms with Crippen LogP contribution in [-0.2, 0) is 0 Å². The monoisotopic (exact) mass is 439 g/mol. The highest BCUT2D eigenvalue weighted by Gasteiger charge is 2.18. The minimum Gasteiger partial charge on any atom is -0.504 e. The van der Waals surface area contributed by atoms with E-state index < -0.39 is 11.9 Å². The average molecular weight is 439 g/mol. The van der Waals surface area contributed by atoms with Gasteiger partial charge in [-0.25, -0.2) is 9.78 Å². The Kier molecular flexibility index (Phi) is 5.22. The van der Waals surface area contributed by atoms with Crippen molar-refractivity contribution in [1.82, 2.24) is 9.38 Å². The zero-order chi connectivity index (χ0) is 22.1. The number of imidazole rings is 1. The van der Waals surface area contributed by atoms with E-state index in [1.165, 1.54) is 43.9 Å². The van der Waals surface area contributed by atoms with E-state index in [1.807, 2.05) is 12.1 Å². The van der Waals surface area contributed by atoms with Crippen molar-refractivity contribution in [3.8, 4) is 27.7 Å². The number of fused-ring (bicyclic) bond motifs is 1. The molecule has 0 radical (unpaired) electrons. The zero-order valence-electron chi connectivity index (χ0n) is 16.4. The predicted octanol–water partition coefficient (Wildman–Crippen LogP) is 3.74. The number of carbonyl (C=O) groups is 2. The Morgan fingerprint density at radius 2 is 1.90 bits per heavy atom. The number of aromatic hydroxyl groups is 1. The molecule has 4 aromatic rings. The second kappa shape index (κ2) is 8.00. The molecule has 0 aliphatic rings. The van der Waals surface area contributed by atoms with E-state index in [0.717, 1.165) is 10.4 Å². The predicted molar refractivity (Wildman–Crippen MR) is 115 cm³/mol. The lowest BCUT2D eigenvalue weighted by Crippen LogP contribution is -2.13. The summed E-state index contributed by atoms with van der Waals surface area (Å²) in [6, 6.07) is 9.98. The van der Waals surface area contributed by atoms with E-state index in [1.54, 1.807) is 22.7 Å². The first kappa shape index (κ1) is 20.2. The summed E-state index contributed by atoms with van der Waals surface area (Å²) in [6.07, 6.45) is 3.19. The summed E-state index contributed by atoms with van der Waals surface area (Å²) in [5.74, 6) is -1.38. The van der Waals surface area contributed by atoms with Gasteiger partial charge in [-0.15, -0.1) is 0 Å². The fraction of sp³-hybridized carbons (Fsp3) is 0.0952. The summed E-state index contributed by atoms with van der Waals surface area (Å²) < 4.78 is 11.9. The van der Waals surface area contributed by atoms with E-state index in [9.17, 15) is 14.7 Å². The van der Waals surface area contributed by atoms with Crippen molar-refractivity contribution in [2.24, 2.45) is 0 Å². The topological polar surface area (TPSA) is 122 Å². The Morgan fingerprint density at radius 3 is 2.58 bits per heavy atom. The van der Waals surface area contributed by atoms with E-state index >= 15 is 0 Å².